The third kappa shape index (κ3) is 9.89. The SMILES string of the molecule is Nc1ccc(-c2n[nH]c(C(F)(F)F)c2Cc2cnc(C(=O)Nc3ccc(C(=O)N4CCN(C(=O)[C@@H](N)CCC5CCN(CC(=O)O)CC5)CC4)c(Cl)c3)[nH]2)c(F)c1. The molecule has 2 aromatic carbocycles. The number of halogens is 5. The molecule has 4 aromatic rings. The predicted molar refractivity (Wildman–Crippen MR) is 201 cm³/mol. The molecule has 0 radical (unpaired) electrons. The van der Waals surface area contributed by atoms with Crippen LogP contribution in [0.3, 0.4) is 0 Å². The number of benzene rings is 2. The quantitative estimate of drug-likeness (QED) is 0.0883. The summed E-state index contributed by atoms with van der Waals surface area (Å²) in [7, 11) is 0. The summed E-state index contributed by atoms with van der Waals surface area (Å²) in [5, 5.41) is 17.3. The molecule has 2 aliphatic rings. The summed E-state index contributed by atoms with van der Waals surface area (Å²) in [6.07, 6.45) is -1.08. The number of nitrogens with one attached hydrogen (secondary N) is 3. The Morgan fingerprint density at radius 2 is 1.72 bits per heavy atom. The van der Waals surface area contributed by atoms with Gasteiger partial charge in [-0.05, 0) is 81.1 Å². The van der Waals surface area contributed by atoms with Gasteiger partial charge in [0.25, 0.3) is 11.8 Å². The summed E-state index contributed by atoms with van der Waals surface area (Å²) in [5.74, 6) is -2.85. The number of nitrogens with two attached hydrogens (primary N) is 2. The Balaban J connectivity index is 1.01. The molecule has 2 saturated heterocycles. The van der Waals surface area contributed by atoms with Crippen molar-refractivity contribution < 1.29 is 41.8 Å². The molecule has 1 atom stereocenters. The first kappa shape index (κ1) is 41.1. The van der Waals surface area contributed by atoms with Gasteiger partial charge in [-0.3, -0.25) is 29.2 Å². The van der Waals surface area contributed by atoms with E-state index in [4.69, 9.17) is 28.2 Å². The molecular weight excluding hydrogens is 776 g/mol. The number of nitrogens with zero attached hydrogens (tertiary/aromatic N) is 5. The van der Waals surface area contributed by atoms with Crippen LogP contribution in [0.2, 0.25) is 5.02 Å². The van der Waals surface area contributed by atoms with Crippen molar-refractivity contribution in [1.82, 2.24) is 34.9 Å². The number of amides is 3. The number of hydrogen-bond acceptors (Lipinski definition) is 9. The topological polar surface area (TPSA) is 220 Å². The molecule has 0 unspecified atom stereocenters. The Bertz CT molecular complexity index is 2130. The van der Waals surface area contributed by atoms with Crippen LogP contribution in [0.5, 0.6) is 0 Å². The molecule has 2 aliphatic heterocycles. The number of imidazole rings is 1. The highest BCUT2D eigenvalue weighted by atomic mass is 35.5. The molecule has 8 N–H and O–H groups in total. The van der Waals surface area contributed by atoms with Gasteiger partial charge >= 0.3 is 12.1 Å². The standard InChI is InChI=1S/C37H41ClF4N10O5/c38-27-17-22(47-34(55)33-45-18-23(46-33)16-26-31(48-49-32(26)37(40,41)42)25-4-2-21(43)15-28(25)39)3-5-24(27)35(56)51-11-13-52(14-12-51)36(57)29(44)6-1-20-7-9-50(10-8-20)19-30(53)54/h2-5,15,17-18,20,29H,1,6-14,16,19,43-44H2,(H,45,46)(H,47,55)(H,48,49)(H,53,54)/t29-/m0/s1. The number of alkyl halides is 3. The van der Waals surface area contributed by atoms with E-state index in [1.807, 2.05) is 10.00 Å². The molecule has 304 valence electrons. The Morgan fingerprint density at radius 3 is 2.37 bits per heavy atom. The van der Waals surface area contributed by atoms with Gasteiger partial charge in [0, 0.05) is 67.0 Å². The maximum Gasteiger partial charge on any atom is 0.433 e. The van der Waals surface area contributed by atoms with Crippen LogP contribution in [-0.4, -0.2) is 116 Å². The zero-order valence-corrected chi connectivity index (χ0v) is 31.3. The number of H-pyrrole nitrogens is 2. The molecule has 6 rings (SSSR count). The van der Waals surface area contributed by atoms with Crippen LogP contribution in [0.4, 0.5) is 28.9 Å². The van der Waals surface area contributed by atoms with E-state index in [-0.39, 0.29) is 81.7 Å². The fraction of sp³-hybridized carbons (Fsp3) is 0.405. The van der Waals surface area contributed by atoms with Crippen LogP contribution in [0, 0.1) is 11.7 Å². The van der Waals surface area contributed by atoms with Gasteiger partial charge in [0.2, 0.25) is 5.91 Å². The summed E-state index contributed by atoms with van der Waals surface area (Å²) < 4.78 is 56.3. The van der Waals surface area contributed by atoms with E-state index in [1.165, 1.54) is 36.5 Å². The van der Waals surface area contributed by atoms with Crippen molar-refractivity contribution in [2.24, 2.45) is 11.7 Å². The minimum Gasteiger partial charge on any atom is -0.480 e. The smallest absolute Gasteiger partial charge is 0.433 e. The number of piperazine rings is 1. The molecule has 0 saturated carbocycles. The van der Waals surface area contributed by atoms with E-state index in [0.717, 1.165) is 25.3 Å². The molecule has 4 heterocycles. The van der Waals surface area contributed by atoms with Gasteiger partial charge in [0.1, 0.15) is 11.5 Å². The highest BCUT2D eigenvalue weighted by molar-refractivity contribution is 6.34. The van der Waals surface area contributed by atoms with Gasteiger partial charge < -0.3 is 36.7 Å². The van der Waals surface area contributed by atoms with E-state index < -0.39 is 42.0 Å². The number of nitrogen functional groups attached to an aromatic ring is 1. The lowest BCUT2D eigenvalue weighted by Gasteiger charge is -2.36. The van der Waals surface area contributed by atoms with Gasteiger partial charge in [-0.15, -0.1) is 0 Å². The number of carbonyl (C=O) groups excluding carboxylic acids is 3. The van der Waals surface area contributed by atoms with Crippen molar-refractivity contribution in [1.29, 1.82) is 0 Å². The molecule has 0 bridgehead atoms. The summed E-state index contributed by atoms with van der Waals surface area (Å²) in [6, 6.07) is 7.14. The lowest BCUT2D eigenvalue weighted by molar-refractivity contribution is -0.142. The average Bonchev–Trinajstić information content (AvgIpc) is 3.82. The highest BCUT2D eigenvalue weighted by Gasteiger charge is 2.38. The lowest BCUT2D eigenvalue weighted by atomic mass is 9.90. The summed E-state index contributed by atoms with van der Waals surface area (Å²) in [6.45, 7) is 2.54. The first-order valence-electron chi connectivity index (χ1n) is 18.2. The van der Waals surface area contributed by atoms with E-state index in [1.54, 1.807) is 9.80 Å². The molecule has 0 aliphatic carbocycles. The van der Waals surface area contributed by atoms with E-state index in [0.29, 0.717) is 38.5 Å². The number of carboxylic acid groups (broad SMARTS) is 1. The van der Waals surface area contributed by atoms with Gasteiger partial charge in [-0.25, -0.2) is 9.37 Å². The van der Waals surface area contributed by atoms with Gasteiger partial charge in [0.05, 0.1) is 28.9 Å². The number of piperidine rings is 1. The average molecular weight is 817 g/mol. The van der Waals surface area contributed by atoms with E-state index in [9.17, 15) is 36.7 Å². The molecule has 2 aromatic heterocycles. The fourth-order valence-corrected chi connectivity index (χ4v) is 7.39. The summed E-state index contributed by atoms with van der Waals surface area (Å²) in [5.41, 5.74) is 10.4. The Kier molecular flexibility index (Phi) is 12.5. The number of aliphatic carboxylic acids is 1. The van der Waals surface area contributed by atoms with Gasteiger partial charge in [-0.1, -0.05) is 11.6 Å². The zero-order valence-electron chi connectivity index (χ0n) is 30.5. The number of carbonyl (C=O) groups is 4. The van der Waals surface area contributed by atoms with Crippen molar-refractivity contribution in [2.75, 3.05) is 56.9 Å². The molecular formula is C37H41ClF4N10O5. The number of likely N-dealkylation sites (tertiary alicyclic amines) is 1. The lowest BCUT2D eigenvalue weighted by Crippen LogP contribution is -2.54. The Labute approximate surface area is 328 Å². The molecule has 3 amide bonds. The molecule has 15 nitrogen and oxygen atoms in total. The van der Waals surface area contributed by atoms with Crippen LogP contribution in [0.15, 0.2) is 42.6 Å². The number of hydrogen-bond donors (Lipinski definition) is 6. The second-order valence-electron chi connectivity index (χ2n) is 14.2. The summed E-state index contributed by atoms with van der Waals surface area (Å²) >= 11 is 6.48. The first-order chi connectivity index (χ1) is 27.1. The molecule has 57 heavy (non-hydrogen) atoms. The Morgan fingerprint density at radius 1 is 1.02 bits per heavy atom. The van der Waals surface area contributed by atoms with Gasteiger partial charge in [-0.2, -0.15) is 18.3 Å². The molecule has 2 fully saturated rings. The van der Waals surface area contributed by atoms with Crippen molar-refractivity contribution >= 4 is 46.7 Å². The van der Waals surface area contributed by atoms with Crippen LogP contribution in [0.25, 0.3) is 11.3 Å². The summed E-state index contributed by atoms with van der Waals surface area (Å²) in [4.78, 5) is 62.3. The van der Waals surface area contributed by atoms with Crippen molar-refractivity contribution in [3.05, 3.63) is 81.8 Å². The van der Waals surface area contributed by atoms with Crippen molar-refractivity contribution in [3.63, 3.8) is 0 Å². The number of aromatic nitrogens is 4. The third-order valence-corrected chi connectivity index (χ3v) is 10.5. The second-order valence-corrected chi connectivity index (χ2v) is 14.6. The maximum absolute atomic E-state index is 14.7. The van der Waals surface area contributed by atoms with Crippen LogP contribution in [0.1, 0.15) is 63.6 Å². The fourth-order valence-electron chi connectivity index (χ4n) is 7.13. The van der Waals surface area contributed by atoms with Crippen LogP contribution in [-0.2, 0) is 22.2 Å². The third-order valence-electron chi connectivity index (χ3n) is 10.2. The second kappa shape index (κ2) is 17.3. The number of anilines is 2. The number of rotatable bonds is 12. The maximum atomic E-state index is 14.7. The largest absolute Gasteiger partial charge is 0.480 e. The minimum absolute atomic E-state index is 0.0300. The molecule has 20 heteroatoms. The minimum atomic E-state index is -4.84. The number of aromatic amines is 2. The monoisotopic (exact) mass is 816 g/mol. The van der Waals surface area contributed by atoms with E-state index >= 15 is 0 Å². The number of carboxylic acids is 1. The molecule has 0 spiro atoms. The predicted octanol–water partition coefficient (Wildman–Crippen LogP) is 4.22. The van der Waals surface area contributed by atoms with Crippen molar-refractivity contribution in [3.8, 4) is 11.3 Å². The normalized spacial score (nSPS) is 16.1. The van der Waals surface area contributed by atoms with E-state index in [2.05, 4.69) is 20.4 Å². The zero-order chi connectivity index (χ0) is 41.0. The highest BCUT2D eigenvalue weighted by Crippen LogP contribution is 2.37. The van der Waals surface area contributed by atoms with Gasteiger partial charge in [0.15, 0.2) is 5.82 Å². The Hall–Kier alpha value is -5.53. The first-order valence-corrected chi connectivity index (χ1v) is 18.6. The van der Waals surface area contributed by atoms with Crippen molar-refractivity contribution in [2.45, 2.75) is 44.3 Å². The van der Waals surface area contributed by atoms with Crippen LogP contribution < -0.4 is 16.8 Å². The van der Waals surface area contributed by atoms with Crippen LogP contribution >= 0.6 is 11.6 Å².